The van der Waals surface area contributed by atoms with Crippen molar-refractivity contribution in [3.05, 3.63) is 0 Å². The van der Waals surface area contributed by atoms with E-state index >= 15 is 0 Å². The smallest absolute Gasteiger partial charge is 0.475 e. The zero-order valence-corrected chi connectivity index (χ0v) is 16.5. The van der Waals surface area contributed by atoms with Gasteiger partial charge in [0.05, 0.1) is 13.2 Å². The topological polar surface area (TPSA) is 84.9 Å². The Morgan fingerprint density at radius 3 is 1.88 bits per heavy atom. The van der Waals surface area contributed by atoms with Gasteiger partial charge in [0.2, 0.25) is 0 Å². The minimum atomic E-state index is -5.08. The summed E-state index contributed by atoms with van der Waals surface area (Å²) >= 11 is 0. The lowest BCUT2D eigenvalue weighted by atomic mass is 9.83. The number of aliphatic carboxylic acids is 1. The van der Waals surface area contributed by atoms with Gasteiger partial charge >= 0.3 is 18.1 Å². The molecule has 0 spiro atoms. The lowest BCUT2D eigenvalue weighted by Crippen LogP contribution is -2.62. The normalized spacial score (nSPS) is 17.0. The fourth-order valence-electron chi connectivity index (χ4n) is 1.55. The van der Waals surface area contributed by atoms with Crippen molar-refractivity contribution in [2.45, 2.75) is 52.0 Å². The molecule has 148 valence electrons. The summed E-state index contributed by atoms with van der Waals surface area (Å²) in [4.78, 5) is 20.9. The van der Waals surface area contributed by atoms with Crippen LogP contribution in [-0.4, -0.2) is 57.8 Å². The molecule has 1 fully saturated rings. The molecular formula is C15H28F3NO5Si. The van der Waals surface area contributed by atoms with Crippen LogP contribution in [0.15, 0.2) is 0 Å². The largest absolute Gasteiger partial charge is 0.490 e. The number of hydrogen-bond acceptors (Lipinski definition) is 5. The molecule has 1 heterocycles. The van der Waals surface area contributed by atoms with Gasteiger partial charge in [0.1, 0.15) is 5.41 Å². The number of rotatable bonds is 5. The maximum atomic E-state index is 12.0. The summed E-state index contributed by atoms with van der Waals surface area (Å²) in [5.74, 6) is -2.88. The van der Waals surface area contributed by atoms with Crippen molar-refractivity contribution in [3.8, 4) is 0 Å². The van der Waals surface area contributed by atoms with E-state index in [1.54, 1.807) is 0 Å². The second-order valence-electron chi connectivity index (χ2n) is 7.46. The van der Waals surface area contributed by atoms with E-state index in [0.29, 0.717) is 26.3 Å². The summed E-state index contributed by atoms with van der Waals surface area (Å²) in [6, 6.07) is 0. The first-order valence-electron chi connectivity index (χ1n) is 7.91. The zero-order chi connectivity index (χ0) is 20.1. The van der Waals surface area contributed by atoms with Crippen LogP contribution in [0.3, 0.4) is 0 Å². The Morgan fingerprint density at radius 2 is 1.64 bits per heavy atom. The Morgan fingerprint density at radius 1 is 1.20 bits per heavy atom. The molecule has 1 saturated heterocycles. The molecule has 0 aliphatic carbocycles. The quantitative estimate of drug-likeness (QED) is 0.557. The average Bonchev–Trinajstić information content (AvgIpc) is 2.35. The summed E-state index contributed by atoms with van der Waals surface area (Å²) < 4.78 is 43.1. The number of carbonyl (C=O) groups excluding carboxylic acids is 1. The molecule has 0 aromatic rings. The van der Waals surface area contributed by atoms with Gasteiger partial charge in [-0.3, -0.25) is 4.79 Å². The van der Waals surface area contributed by atoms with Crippen molar-refractivity contribution in [3.63, 3.8) is 0 Å². The van der Waals surface area contributed by atoms with E-state index in [-0.39, 0.29) is 11.0 Å². The Balaban J connectivity index is 0.000000697. The highest BCUT2D eigenvalue weighted by Gasteiger charge is 2.48. The van der Waals surface area contributed by atoms with E-state index in [9.17, 15) is 18.0 Å². The zero-order valence-electron chi connectivity index (χ0n) is 15.5. The third-order valence-electron chi connectivity index (χ3n) is 4.39. The first kappa shape index (κ1) is 23.9. The Bertz CT molecular complexity index is 471. The number of alkyl halides is 3. The van der Waals surface area contributed by atoms with E-state index in [2.05, 4.69) is 39.2 Å². The highest BCUT2D eigenvalue weighted by atomic mass is 28.4. The van der Waals surface area contributed by atoms with Crippen LogP contribution in [0.1, 0.15) is 27.7 Å². The maximum absolute atomic E-state index is 12.0. The number of nitrogens with one attached hydrogen (secondary N) is 1. The SMILES string of the molecule is CCOC(=O)C1(CO[Si](C)(C)C(C)(C)C)CNC1.O=C(O)C(F)(F)F. The third kappa shape index (κ3) is 6.94. The van der Waals surface area contributed by atoms with Crippen LogP contribution in [0.25, 0.3) is 0 Å². The van der Waals surface area contributed by atoms with E-state index in [0.717, 1.165) is 0 Å². The standard InChI is InChI=1S/C13H27NO3Si.C2HF3O2/c1-7-16-11(15)13(8-14-9-13)10-17-18(5,6)12(2,3)4;3-2(4,5)1(6)7/h14H,7-10H2,1-6H3;(H,6,7). The second kappa shape index (κ2) is 8.50. The molecule has 0 bridgehead atoms. The monoisotopic (exact) mass is 387 g/mol. The molecule has 10 heteroatoms. The van der Waals surface area contributed by atoms with Crippen molar-refractivity contribution >= 4 is 20.3 Å². The van der Waals surface area contributed by atoms with Gasteiger partial charge in [0.15, 0.2) is 8.32 Å². The molecule has 0 saturated carbocycles. The number of halogens is 3. The van der Waals surface area contributed by atoms with Crippen LogP contribution in [0, 0.1) is 5.41 Å². The van der Waals surface area contributed by atoms with Gasteiger partial charge in [-0.15, -0.1) is 0 Å². The predicted molar refractivity (Wildman–Crippen MR) is 88.8 cm³/mol. The van der Waals surface area contributed by atoms with Crippen molar-refractivity contribution in [2.75, 3.05) is 26.3 Å². The van der Waals surface area contributed by atoms with Gasteiger partial charge in [-0.1, -0.05) is 20.8 Å². The molecule has 25 heavy (non-hydrogen) atoms. The van der Waals surface area contributed by atoms with E-state index in [1.165, 1.54) is 0 Å². The fraction of sp³-hybridized carbons (Fsp3) is 0.867. The minimum absolute atomic E-state index is 0.123. The van der Waals surface area contributed by atoms with Gasteiger partial charge in [-0.25, -0.2) is 4.79 Å². The molecule has 1 rings (SSSR count). The summed E-state index contributed by atoms with van der Waals surface area (Å²) in [6.45, 7) is 15.1. The van der Waals surface area contributed by atoms with Gasteiger partial charge in [0, 0.05) is 13.1 Å². The van der Waals surface area contributed by atoms with Crippen LogP contribution in [0.4, 0.5) is 13.2 Å². The van der Waals surface area contributed by atoms with Gasteiger partial charge in [-0.05, 0) is 25.1 Å². The lowest BCUT2D eigenvalue weighted by Gasteiger charge is -2.44. The van der Waals surface area contributed by atoms with Crippen LogP contribution in [-0.2, 0) is 18.8 Å². The molecule has 0 amide bonds. The first-order chi connectivity index (χ1) is 11.1. The molecule has 0 aromatic heterocycles. The summed E-state index contributed by atoms with van der Waals surface area (Å²) in [5.41, 5.74) is -0.453. The molecule has 1 aliphatic heterocycles. The van der Waals surface area contributed by atoms with Crippen LogP contribution in [0.2, 0.25) is 18.1 Å². The Labute approximate surface area is 147 Å². The Hall–Kier alpha value is -1.13. The molecule has 0 aromatic carbocycles. The fourth-order valence-corrected chi connectivity index (χ4v) is 2.62. The summed E-state index contributed by atoms with van der Waals surface area (Å²) in [6.07, 6.45) is -5.08. The predicted octanol–water partition coefficient (Wildman–Crippen LogP) is 2.79. The van der Waals surface area contributed by atoms with Crippen molar-refractivity contribution in [1.82, 2.24) is 5.32 Å². The van der Waals surface area contributed by atoms with Crippen molar-refractivity contribution in [2.24, 2.45) is 5.41 Å². The molecular weight excluding hydrogens is 359 g/mol. The molecule has 0 unspecified atom stereocenters. The number of carboxylic acids is 1. The molecule has 1 aliphatic rings. The molecule has 6 nitrogen and oxygen atoms in total. The van der Waals surface area contributed by atoms with Crippen molar-refractivity contribution < 1.29 is 37.0 Å². The highest BCUT2D eigenvalue weighted by Crippen LogP contribution is 2.38. The van der Waals surface area contributed by atoms with Gasteiger partial charge in [0.25, 0.3) is 0 Å². The van der Waals surface area contributed by atoms with E-state index < -0.39 is 25.9 Å². The maximum Gasteiger partial charge on any atom is 0.490 e. The number of esters is 1. The van der Waals surface area contributed by atoms with Crippen LogP contribution >= 0.6 is 0 Å². The number of ether oxygens (including phenoxy) is 1. The van der Waals surface area contributed by atoms with Gasteiger partial charge < -0.3 is 19.6 Å². The third-order valence-corrected chi connectivity index (χ3v) is 8.87. The molecule has 2 N–H and O–H groups in total. The Kier molecular flexibility index (Phi) is 8.11. The van der Waals surface area contributed by atoms with Gasteiger partial charge in [-0.2, -0.15) is 13.2 Å². The lowest BCUT2D eigenvalue weighted by molar-refractivity contribution is -0.192. The number of carbonyl (C=O) groups is 2. The van der Waals surface area contributed by atoms with Crippen LogP contribution < -0.4 is 5.32 Å². The first-order valence-corrected chi connectivity index (χ1v) is 10.8. The van der Waals surface area contributed by atoms with E-state index in [1.807, 2.05) is 6.92 Å². The average molecular weight is 387 g/mol. The van der Waals surface area contributed by atoms with Crippen LogP contribution in [0.5, 0.6) is 0 Å². The summed E-state index contributed by atoms with van der Waals surface area (Å²) in [7, 11) is -1.80. The highest BCUT2D eigenvalue weighted by molar-refractivity contribution is 6.74. The van der Waals surface area contributed by atoms with Crippen molar-refractivity contribution in [1.29, 1.82) is 0 Å². The van der Waals surface area contributed by atoms with E-state index in [4.69, 9.17) is 19.1 Å². The minimum Gasteiger partial charge on any atom is -0.475 e. The molecule has 0 atom stereocenters. The summed E-state index contributed by atoms with van der Waals surface area (Å²) in [5, 5.41) is 10.4. The molecule has 0 radical (unpaired) electrons. The number of hydrogen-bond donors (Lipinski definition) is 2. The number of carboxylic acid groups (broad SMARTS) is 1. The second-order valence-corrected chi connectivity index (χ2v) is 12.3.